The summed E-state index contributed by atoms with van der Waals surface area (Å²) in [7, 11) is 0. The fourth-order valence-corrected chi connectivity index (χ4v) is 3.07. The lowest BCUT2D eigenvalue weighted by Crippen LogP contribution is -2.34. The fraction of sp³-hybridized carbons (Fsp3) is 0.818. The van der Waals surface area contributed by atoms with Crippen molar-refractivity contribution in [2.75, 3.05) is 11.5 Å². The van der Waals surface area contributed by atoms with Crippen LogP contribution in [0.5, 0.6) is 0 Å². The molecular weight excluding hydrogens is 220 g/mol. The topological polar surface area (TPSA) is 42.7 Å². The zero-order valence-electron chi connectivity index (χ0n) is 9.85. The zero-order chi connectivity index (χ0) is 11.2. The number of rotatable bonds is 5. The Hall–Kier alpha value is -0.550. The molecule has 0 bridgehead atoms. The smallest absolute Gasteiger partial charge is 0.140 e. The number of aryl methyl sites for hydroxylation is 1. The molecule has 1 N–H and O–H groups in total. The summed E-state index contributed by atoms with van der Waals surface area (Å²) in [5.41, 5.74) is 0. The van der Waals surface area contributed by atoms with Gasteiger partial charge in [0, 0.05) is 18.3 Å². The molecule has 4 nitrogen and oxygen atoms in total. The van der Waals surface area contributed by atoms with E-state index in [4.69, 9.17) is 0 Å². The Labute approximate surface area is 101 Å². The molecule has 1 aliphatic rings. The molecule has 0 spiro atoms. The Morgan fingerprint density at radius 3 is 3.31 bits per heavy atom. The van der Waals surface area contributed by atoms with Gasteiger partial charge in [0.1, 0.15) is 12.2 Å². The van der Waals surface area contributed by atoms with Gasteiger partial charge in [0.25, 0.3) is 0 Å². The quantitative estimate of drug-likeness (QED) is 0.850. The lowest BCUT2D eigenvalue weighted by Gasteiger charge is -2.22. The Morgan fingerprint density at radius 1 is 1.62 bits per heavy atom. The molecule has 0 saturated carbocycles. The van der Waals surface area contributed by atoms with Gasteiger partial charge in [-0.05, 0) is 25.0 Å². The van der Waals surface area contributed by atoms with Crippen molar-refractivity contribution in [2.24, 2.45) is 0 Å². The summed E-state index contributed by atoms with van der Waals surface area (Å²) in [6.45, 7) is 3.98. The summed E-state index contributed by atoms with van der Waals surface area (Å²) in [6, 6.07) is 0.658. The normalized spacial score (nSPS) is 21.2. The highest BCUT2D eigenvalue weighted by Gasteiger charge is 2.13. The van der Waals surface area contributed by atoms with Gasteiger partial charge in [0.15, 0.2) is 0 Å². The molecule has 1 unspecified atom stereocenters. The van der Waals surface area contributed by atoms with Crippen LogP contribution in [-0.2, 0) is 13.1 Å². The number of hydrogen-bond acceptors (Lipinski definition) is 4. The summed E-state index contributed by atoms with van der Waals surface area (Å²) in [6.07, 6.45) is 5.40. The second-order valence-corrected chi connectivity index (χ2v) is 5.34. The first-order valence-corrected chi connectivity index (χ1v) is 7.23. The van der Waals surface area contributed by atoms with E-state index < -0.39 is 0 Å². The van der Waals surface area contributed by atoms with Crippen molar-refractivity contribution in [2.45, 2.75) is 45.3 Å². The van der Waals surface area contributed by atoms with Crippen molar-refractivity contribution in [1.82, 2.24) is 20.1 Å². The van der Waals surface area contributed by atoms with Crippen LogP contribution in [0.15, 0.2) is 6.33 Å². The summed E-state index contributed by atoms with van der Waals surface area (Å²) in [5, 5.41) is 7.81. The SMILES string of the molecule is CCCn1ncnc1CNC1CCCSC1. The van der Waals surface area contributed by atoms with Gasteiger partial charge in [-0.2, -0.15) is 16.9 Å². The summed E-state index contributed by atoms with van der Waals surface area (Å²) in [4.78, 5) is 4.30. The third kappa shape index (κ3) is 3.22. The van der Waals surface area contributed by atoms with Crippen molar-refractivity contribution in [3.63, 3.8) is 0 Å². The van der Waals surface area contributed by atoms with Gasteiger partial charge in [0.05, 0.1) is 6.54 Å². The monoisotopic (exact) mass is 240 g/mol. The number of aromatic nitrogens is 3. The van der Waals surface area contributed by atoms with Crippen LogP contribution in [0.4, 0.5) is 0 Å². The molecule has 1 saturated heterocycles. The second-order valence-electron chi connectivity index (χ2n) is 4.19. The number of nitrogens with one attached hydrogen (secondary N) is 1. The van der Waals surface area contributed by atoms with Gasteiger partial charge in [-0.1, -0.05) is 6.92 Å². The highest BCUT2D eigenvalue weighted by molar-refractivity contribution is 7.99. The van der Waals surface area contributed by atoms with E-state index in [9.17, 15) is 0 Å². The van der Waals surface area contributed by atoms with E-state index in [2.05, 4.69) is 22.3 Å². The Balaban J connectivity index is 1.81. The molecule has 1 fully saturated rings. The lowest BCUT2D eigenvalue weighted by molar-refractivity contribution is 0.476. The largest absolute Gasteiger partial charge is 0.306 e. The van der Waals surface area contributed by atoms with E-state index in [-0.39, 0.29) is 0 Å². The number of nitrogens with zero attached hydrogens (tertiary/aromatic N) is 3. The average molecular weight is 240 g/mol. The summed E-state index contributed by atoms with van der Waals surface area (Å²) >= 11 is 2.05. The number of hydrogen-bond donors (Lipinski definition) is 1. The van der Waals surface area contributed by atoms with Gasteiger partial charge in [0.2, 0.25) is 0 Å². The lowest BCUT2D eigenvalue weighted by atomic mass is 10.2. The molecule has 5 heteroatoms. The molecule has 0 aliphatic carbocycles. The second kappa shape index (κ2) is 6.25. The molecule has 16 heavy (non-hydrogen) atoms. The van der Waals surface area contributed by atoms with Crippen LogP contribution in [0.2, 0.25) is 0 Å². The molecule has 0 aromatic carbocycles. The molecular formula is C11H20N4S. The molecule has 90 valence electrons. The maximum absolute atomic E-state index is 4.30. The molecule has 1 aliphatic heterocycles. The van der Waals surface area contributed by atoms with Gasteiger partial charge < -0.3 is 5.32 Å². The third-order valence-corrected chi connectivity index (χ3v) is 4.06. The Morgan fingerprint density at radius 2 is 2.56 bits per heavy atom. The molecule has 1 atom stereocenters. The maximum atomic E-state index is 4.30. The minimum atomic E-state index is 0.658. The average Bonchev–Trinajstić information content (AvgIpc) is 2.76. The maximum Gasteiger partial charge on any atom is 0.140 e. The van der Waals surface area contributed by atoms with Crippen LogP contribution in [-0.4, -0.2) is 32.3 Å². The van der Waals surface area contributed by atoms with E-state index >= 15 is 0 Å². The predicted molar refractivity (Wildman–Crippen MR) is 67.5 cm³/mol. The van der Waals surface area contributed by atoms with Crippen molar-refractivity contribution >= 4 is 11.8 Å². The molecule has 1 aromatic heterocycles. The van der Waals surface area contributed by atoms with E-state index in [1.165, 1.54) is 24.3 Å². The summed E-state index contributed by atoms with van der Waals surface area (Å²) in [5.74, 6) is 3.63. The summed E-state index contributed by atoms with van der Waals surface area (Å²) < 4.78 is 2.00. The molecule has 2 rings (SSSR count). The molecule has 0 amide bonds. The first-order valence-electron chi connectivity index (χ1n) is 6.08. The number of thioether (sulfide) groups is 1. The van der Waals surface area contributed by atoms with Crippen molar-refractivity contribution in [3.05, 3.63) is 12.2 Å². The van der Waals surface area contributed by atoms with Crippen LogP contribution in [0.25, 0.3) is 0 Å². The minimum Gasteiger partial charge on any atom is -0.306 e. The van der Waals surface area contributed by atoms with E-state index in [1.807, 2.05) is 16.4 Å². The molecule has 1 aromatic rings. The van der Waals surface area contributed by atoms with Gasteiger partial charge in [-0.25, -0.2) is 9.67 Å². The first kappa shape index (κ1) is 11.9. The van der Waals surface area contributed by atoms with Crippen LogP contribution in [0.1, 0.15) is 32.0 Å². The van der Waals surface area contributed by atoms with Crippen molar-refractivity contribution in [3.8, 4) is 0 Å². The Bertz CT molecular complexity index is 307. The molecule has 0 radical (unpaired) electrons. The van der Waals surface area contributed by atoms with Gasteiger partial charge in [-0.15, -0.1) is 0 Å². The van der Waals surface area contributed by atoms with Crippen LogP contribution in [0, 0.1) is 0 Å². The Kier molecular flexibility index (Phi) is 4.66. The minimum absolute atomic E-state index is 0.658. The highest BCUT2D eigenvalue weighted by Crippen LogP contribution is 2.17. The fourth-order valence-electron chi connectivity index (χ4n) is 1.96. The van der Waals surface area contributed by atoms with E-state index in [0.29, 0.717) is 6.04 Å². The van der Waals surface area contributed by atoms with Gasteiger partial charge >= 0.3 is 0 Å². The molecule has 2 heterocycles. The first-order chi connectivity index (χ1) is 7.90. The van der Waals surface area contributed by atoms with Crippen molar-refractivity contribution < 1.29 is 0 Å². The van der Waals surface area contributed by atoms with E-state index in [0.717, 1.165) is 25.3 Å². The predicted octanol–water partition coefficient (Wildman–Crippen LogP) is 1.67. The van der Waals surface area contributed by atoms with Crippen LogP contribution >= 0.6 is 11.8 Å². The van der Waals surface area contributed by atoms with Crippen LogP contribution in [0.3, 0.4) is 0 Å². The van der Waals surface area contributed by atoms with Crippen molar-refractivity contribution in [1.29, 1.82) is 0 Å². The zero-order valence-corrected chi connectivity index (χ0v) is 10.7. The van der Waals surface area contributed by atoms with Gasteiger partial charge in [-0.3, -0.25) is 0 Å². The van der Waals surface area contributed by atoms with Crippen LogP contribution < -0.4 is 5.32 Å². The van der Waals surface area contributed by atoms with E-state index in [1.54, 1.807) is 6.33 Å². The standard InChI is InChI=1S/C11H20N4S/c1-2-5-15-11(13-9-14-15)7-12-10-4-3-6-16-8-10/h9-10,12H,2-8H2,1H3. The highest BCUT2D eigenvalue weighted by atomic mass is 32.2. The third-order valence-electron chi connectivity index (χ3n) is 2.84.